The van der Waals surface area contributed by atoms with Gasteiger partial charge in [-0.15, -0.1) is 5.10 Å². The van der Waals surface area contributed by atoms with E-state index in [4.69, 9.17) is 5.26 Å². The number of rotatable bonds is 3. The summed E-state index contributed by atoms with van der Waals surface area (Å²) in [5, 5.41) is 17.8. The fraction of sp³-hybridized carbons (Fsp3) is 0.318. The van der Waals surface area contributed by atoms with Crippen molar-refractivity contribution in [3.8, 4) is 11.9 Å². The lowest BCUT2D eigenvalue weighted by Crippen LogP contribution is -2.52. The van der Waals surface area contributed by atoms with Gasteiger partial charge in [0, 0.05) is 38.8 Å². The van der Waals surface area contributed by atoms with Crippen LogP contribution in [-0.4, -0.2) is 73.1 Å². The number of hydrogen-bond acceptors (Lipinski definition) is 8. The van der Waals surface area contributed by atoms with Crippen molar-refractivity contribution in [3.05, 3.63) is 59.3 Å². The predicted molar refractivity (Wildman–Crippen MR) is 120 cm³/mol. The second-order valence-electron chi connectivity index (χ2n) is 8.39. The number of amides is 2. The van der Waals surface area contributed by atoms with Crippen LogP contribution in [0, 0.1) is 23.0 Å². The van der Waals surface area contributed by atoms with Gasteiger partial charge in [0.25, 0.3) is 5.82 Å². The minimum absolute atomic E-state index is 0.0402. The van der Waals surface area contributed by atoms with E-state index in [0.717, 1.165) is 12.3 Å². The first-order valence-corrected chi connectivity index (χ1v) is 11.2. The third kappa shape index (κ3) is 4.82. The van der Waals surface area contributed by atoms with Gasteiger partial charge in [-0.2, -0.15) is 33.2 Å². The maximum Gasteiger partial charge on any atom is 0.453 e. The van der Waals surface area contributed by atoms with E-state index in [1.165, 1.54) is 28.3 Å². The van der Waals surface area contributed by atoms with Gasteiger partial charge in [-0.1, -0.05) is 0 Å². The fourth-order valence-electron chi connectivity index (χ4n) is 4.14. The number of carbonyl (C=O) groups is 1. The minimum Gasteiger partial charge on any atom is -0.337 e. The van der Waals surface area contributed by atoms with Crippen molar-refractivity contribution in [1.82, 2.24) is 34.6 Å². The molecule has 38 heavy (non-hydrogen) atoms. The average molecular weight is 532 g/mol. The van der Waals surface area contributed by atoms with E-state index in [0.29, 0.717) is 23.0 Å². The van der Waals surface area contributed by atoms with Gasteiger partial charge in [-0.3, -0.25) is 0 Å². The molecule has 0 unspecified atom stereocenters. The van der Waals surface area contributed by atoms with Crippen molar-refractivity contribution in [2.75, 3.05) is 31.1 Å². The Morgan fingerprint density at radius 1 is 1.08 bits per heavy atom. The molecule has 4 heterocycles. The van der Waals surface area contributed by atoms with Crippen LogP contribution in [-0.2, 0) is 6.18 Å². The Labute approximate surface area is 211 Å². The number of aromatic nitrogens is 5. The van der Waals surface area contributed by atoms with Crippen molar-refractivity contribution in [1.29, 1.82) is 5.26 Å². The van der Waals surface area contributed by atoms with Gasteiger partial charge in [0.2, 0.25) is 5.95 Å². The SMILES string of the molecule is N#Cc1cc(F)cc([C@@H]2CC=NN2C(=O)N2CCN(c3ncc(F)c(-n4cnc(C(F)(F)F)n4)n3)CC2)c1. The van der Waals surface area contributed by atoms with Crippen LogP contribution in [0.25, 0.3) is 5.82 Å². The molecular formula is C22H17F5N10O. The summed E-state index contributed by atoms with van der Waals surface area (Å²) in [6.45, 7) is 0.898. The number of alkyl halides is 3. The lowest BCUT2D eigenvalue weighted by molar-refractivity contribution is -0.144. The van der Waals surface area contributed by atoms with Crippen LogP contribution in [0.1, 0.15) is 29.4 Å². The van der Waals surface area contributed by atoms with Crippen LogP contribution in [0.4, 0.5) is 32.7 Å². The molecule has 1 fully saturated rings. The van der Waals surface area contributed by atoms with Crippen LogP contribution in [0.15, 0.2) is 35.8 Å². The Morgan fingerprint density at radius 3 is 2.53 bits per heavy atom. The number of halogens is 5. The Hall–Kier alpha value is -4.68. The Bertz CT molecular complexity index is 1440. The van der Waals surface area contributed by atoms with Gasteiger partial charge < -0.3 is 9.80 Å². The van der Waals surface area contributed by atoms with Crippen LogP contribution >= 0.6 is 0 Å². The van der Waals surface area contributed by atoms with Crippen molar-refractivity contribution >= 4 is 18.2 Å². The standard InChI is InChI=1S/C22H17F5N10O/c23-15-8-13(10-28)7-14(9-15)17-1-2-31-37(17)21(38)35-5-3-34(4-6-35)20-29-11-16(24)18(32-20)36-12-30-19(33-36)22(25,26)27/h2,7-9,11-12,17H,1,3-6H2/t17-/m0/s1. The van der Waals surface area contributed by atoms with E-state index in [1.807, 2.05) is 6.07 Å². The zero-order chi connectivity index (χ0) is 27.0. The largest absolute Gasteiger partial charge is 0.453 e. The van der Waals surface area contributed by atoms with Gasteiger partial charge >= 0.3 is 12.2 Å². The summed E-state index contributed by atoms with van der Waals surface area (Å²) in [6.07, 6.45) is -1.38. The molecule has 16 heteroatoms. The minimum atomic E-state index is -4.80. The lowest BCUT2D eigenvalue weighted by atomic mass is 10.0. The summed E-state index contributed by atoms with van der Waals surface area (Å²) in [5.41, 5.74) is 0.576. The van der Waals surface area contributed by atoms with Gasteiger partial charge in [-0.05, 0) is 23.8 Å². The summed E-state index contributed by atoms with van der Waals surface area (Å²) >= 11 is 0. The number of urea groups is 1. The molecule has 2 aromatic heterocycles. The zero-order valence-corrected chi connectivity index (χ0v) is 19.3. The van der Waals surface area contributed by atoms with E-state index in [9.17, 15) is 26.7 Å². The quantitative estimate of drug-likeness (QED) is 0.476. The van der Waals surface area contributed by atoms with Crippen LogP contribution in [0.3, 0.4) is 0 Å². The third-order valence-corrected chi connectivity index (χ3v) is 5.97. The van der Waals surface area contributed by atoms with E-state index in [2.05, 4.69) is 25.2 Å². The van der Waals surface area contributed by atoms with Gasteiger partial charge in [0.15, 0.2) is 11.6 Å². The first-order valence-electron chi connectivity index (χ1n) is 11.2. The van der Waals surface area contributed by atoms with Gasteiger partial charge in [-0.25, -0.2) is 28.6 Å². The summed E-state index contributed by atoms with van der Waals surface area (Å²) in [6, 6.07) is 4.77. The molecule has 2 amide bonds. The Balaban J connectivity index is 1.27. The number of anilines is 1. The Morgan fingerprint density at radius 2 is 1.84 bits per heavy atom. The smallest absolute Gasteiger partial charge is 0.337 e. The molecule has 0 bridgehead atoms. The molecule has 0 N–H and O–H groups in total. The molecule has 2 aliphatic rings. The lowest BCUT2D eigenvalue weighted by Gasteiger charge is -2.37. The molecule has 0 radical (unpaired) electrons. The number of hydrogen-bond donors (Lipinski definition) is 0. The van der Waals surface area contributed by atoms with Crippen molar-refractivity contribution in [2.24, 2.45) is 5.10 Å². The first kappa shape index (κ1) is 25.0. The molecule has 1 atom stereocenters. The number of nitrogens with zero attached hydrogens (tertiary/aromatic N) is 10. The molecule has 0 aliphatic carbocycles. The van der Waals surface area contributed by atoms with Crippen LogP contribution in [0.5, 0.6) is 0 Å². The summed E-state index contributed by atoms with van der Waals surface area (Å²) in [4.78, 5) is 27.5. The molecule has 1 saturated heterocycles. The second kappa shape index (κ2) is 9.65. The van der Waals surface area contributed by atoms with E-state index in [-0.39, 0.29) is 37.7 Å². The highest BCUT2D eigenvalue weighted by molar-refractivity contribution is 5.78. The molecule has 196 valence electrons. The van der Waals surface area contributed by atoms with E-state index < -0.39 is 41.5 Å². The van der Waals surface area contributed by atoms with Crippen molar-refractivity contribution in [3.63, 3.8) is 0 Å². The molecule has 0 spiro atoms. The molecule has 3 aromatic rings. The predicted octanol–water partition coefficient (Wildman–Crippen LogP) is 2.90. The van der Waals surface area contributed by atoms with E-state index >= 15 is 0 Å². The molecular weight excluding hydrogens is 515 g/mol. The molecule has 5 rings (SSSR count). The van der Waals surface area contributed by atoms with Crippen LogP contribution < -0.4 is 4.90 Å². The summed E-state index contributed by atoms with van der Waals surface area (Å²) in [7, 11) is 0. The molecule has 0 saturated carbocycles. The number of carbonyl (C=O) groups excluding carboxylic acids is 1. The fourth-order valence-corrected chi connectivity index (χ4v) is 4.14. The Kier molecular flexibility index (Phi) is 6.35. The maximum atomic E-state index is 14.3. The highest BCUT2D eigenvalue weighted by atomic mass is 19.4. The van der Waals surface area contributed by atoms with Crippen LogP contribution in [0.2, 0.25) is 0 Å². The van der Waals surface area contributed by atoms with Crippen molar-refractivity contribution in [2.45, 2.75) is 18.6 Å². The van der Waals surface area contributed by atoms with Gasteiger partial charge in [0.1, 0.15) is 12.1 Å². The second-order valence-corrected chi connectivity index (χ2v) is 8.39. The summed E-state index contributed by atoms with van der Waals surface area (Å²) in [5.74, 6) is -3.48. The number of benzene rings is 1. The highest BCUT2D eigenvalue weighted by Gasteiger charge is 2.37. The topological polar surface area (TPSA) is 119 Å². The normalized spacial score (nSPS) is 17.7. The molecule has 1 aromatic carbocycles. The monoisotopic (exact) mass is 532 g/mol. The number of piperazine rings is 1. The maximum absolute atomic E-state index is 14.3. The zero-order valence-electron chi connectivity index (χ0n) is 19.3. The first-order chi connectivity index (χ1) is 18.1. The molecule has 11 nitrogen and oxygen atoms in total. The number of nitriles is 1. The van der Waals surface area contributed by atoms with Crippen molar-refractivity contribution < 1.29 is 26.7 Å². The van der Waals surface area contributed by atoms with Gasteiger partial charge in [0.05, 0.1) is 23.9 Å². The van der Waals surface area contributed by atoms with E-state index in [1.54, 1.807) is 4.90 Å². The average Bonchev–Trinajstić information content (AvgIpc) is 3.59. The highest BCUT2D eigenvalue weighted by Crippen LogP contribution is 2.31. The summed E-state index contributed by atoms with van der Waals surface area (Å²) < 4.78 is 67.3. The third-order valence-electron chi connectivity index (χ3n) is 5.97. The number of hydrazone groups is 1. The molecule has 2 aliphatic heterocycles.